The maximum atomic E-state index is 11.2. The summed E-state index contributed by atoms with van der Waals surface area (Å²) in [5.74, 6) is 0. The lowest BCUT2D eigenvalue weighted by Crippen LogP contribution is -2.12. The normalized spacial score (nSPS) is 10.4. The summed E-state index contributed by atoms with van der Waals surface area (Å²) >= 11 is 0.972. The average molecular weight is 280 g/mol. The van der Waals surface area contributed by atoms with Crippen LogP contribution in [-0.2, 0) is 7.05 Å². The molecule has 1 aromatic carbocycles. The highest BCUT2D eigenvalue weighted by atomic mass is 32.2. The molecule has 0 atom stereocenters. The van der Waals surface area contributed by atoms with Gasteiger partial charge in [-0.1, -0.05) is 6.07 Å². The number of nitro groups is 1. The van der Waals surface area contributed by atoms with Crippen LogP contribution in [0.25, 0.3) is 0 Å². The van der Waals surface area contributed by atoms with Gasteiger partial charge in [-0.25, -0.2) is 9.89 Å². The van der Waals surface area contributed by atoms with Gasteiger partial charge in [0.1, 0.15) is 6.29 Å². The van der Waals surface area contributed by atoms with E-state index in [2.05, 4.69) is 10.2 Å². The van der Waals surface area contributed by atoms with Crippen molar-refractivity contribution in [3.8, 4) is 0 Å². The smallest absolute Gasteiger partial charge is 0.298 e. The number of nitro benzene ring substituents is 1. The van der Waals surface area contributed by atoms with Gasteiger partial charge in [0.15, 0.2) is 5.16 Å². The standard InChI is InChI=1S/C10H8N4O4S/c1-13-9(16)11-12-10(13)19-8-3-2-6(5-15)4-7(8)14(17)18/h2-5H,1H3,(H,11,16). The van der Waals surface area contributed by atoms with E-state index in [0.29, 0.717) is 16.3 Å². The van der Waals surface area contributed by atoms with Gasteiger partial charge in [-0.3, -0.25) is 19.5 Å². The Balaban J connectivity index is 2.45. The van der Waals surface area contributed by atoms with Crippen LogP contribution < -0.4 is 5.69 Å². The van der Waals surface area contributed by atoms with E-state index in [1.807, 2.05) is 0 Å². The molecule has 0 amide bonds. The molecule has 9 heteroatoms. The molecular formula is C10H8N4O4S. The molecule has 19 heavy (non-hydrogen) atoms. The van der Waals surface area contributed by atoms with Gasteiger partial charge in [0.05, 0.1) is 9.82 Å². The van der Waals surface area contributed by atoms with Crippen molar-refractivity contribution in [1.82, 2.24) is 14.8 Å². The quantitative estimate of drug-likeness (QED) is 0.507. The summed E-state index contributed by atoms with van der Waals surface area (Å²) in [5.41, 5.74) is -0.397. The van der Waals surface area contributed by atoms with E-state index in [9.17, 15) is 19.7 Å². The zero-order chi connectivity index (χ0) is 14.0. The Morgan fingerprint density at radius 2 is 2.26 bits per heavy atom. The third kappa shape index (κ3) is 2.55. The molecular weight excluding hydrogens is 272 g/mol. The van der Waals surface area contributed by atoms with Crippen molar-refractivity contribution in [1.29, 1.82) is 0 Å². The molecule has 0 aliphatic heterocycles. The van der Waals surface area contributed by atoms with Crippen molar-refractivity contribution in [3.05, 3.63) is 44.4 Å². The van der Waals surface area contributed by atoms with Gasteiger partial charge in [-0.15, -0.1) is 5.10 Å². The van der Waals surface area contributed by atoms with Crippen LogP contribution in [0.4, 0.5) is 5.69 Å². The Bertz CT molecular complexity index is 706. The second-order valence-electron chi connectivity index (χ2n) is 3.57. The summed E-state index contributed by atoms with van der Waals surface area (Å²) < 4.78 is 1.24. The van der Waals surface area contributed by atoms with E-state index in [0.717, 1.165) is 11.8 Å². The third-order valence-corrected chi connectivity index (χ3v) is 3.47. The van der Waals surface area contributed by atoms with Crippen LogP contribution in [0, 0.1) is 10.1 Å². The summed E-state index contributed by atoms with van der Waals surface area (Å²) in [4.78, 5) is 32.5. The van der Waals surface area contributed by atoms with Gasteiger partial charge in [-0.05, 0) is 17.8 Å². The fourth-order valence-electron chi connectivity index (χ4n) is 1.36. The highest BCUT2D eigenvalue weighted by molar-refractivity contribution is 7.99. The molecule has 0 spiro atoms. The van der Waals surface area contributed by atoms with Crippen molar-refractivity contribution in [3.63, 3.8) is 0 Å². The van der Waals surface area contributed by atoms with E-state index < -0.39 is 10.6 Å². The molecule has 0 aliphatic carbocycles. The number of aldehydes is 1. The molecule has 0 fully saturated rings. The predicted octanol–water partition coefficient (Wildman–Crippen LogP) is 0.980. The van der Waals surface area contributed by atoms with Crippen LogP contribution >= 0.6 is 11.8 Å². The van der Waals surface area contributed by atoms with Crippen LogP contribution in [0.15, 0.2) is 33.0 Å². The van der Waals surface area contributed by atoms with Crippen molar-refractivity contribution in [2.45, 2.75) is 10.1 Å². The maximum Gasteiger partial charge on any atom is 0.343 e. The Morgan fingerprint density at radius 1 is 1.53 bits per heavy atom. The van der Waals surface area contributed by atoms with E-state index in [1.54, 1.807) is 0 Å². The minimum atomic E-state index is -0.583. The van der Waals surface area contributed by atoms with E-state index in [-0.39, 0.29) is 11.3 Å². The Kier molecular flexibility index (Phi) is 3.47. The van der Waals surface area contributed by atoms with Crippen LogP contribution in [0.3, 0.4) is 0 Å². The molecule has 0 bridgehead atoms. The number of carbonyl (C=O) groups is 1. The number of aromatic nitrogens is 3. The Morgan fingerprint density at radius 3 is 2.79 bits per heavy atom. The summed E-state index contributed by atoms with van der Waals surface area (Å²) in [6.07, 6.45) is 0.533. The van der Waals surface area contributed by atoms with Crippen LogP contribution in [0.1, 0.15) is 10.4 Å². The molecule has 1 heterocycles. The lowest BCUT2D eigenvalue weighted by Gasteiger charge is -2.02. The highest BCUT2D eigenvalue weighted by Gasteiger charge is 2.18. The van der Waals surface area contributed by atoms with Gasteiger partial charge >= 0.3 is 5.69 Å². The van der Waals surface area contributed by atoms with Crippen molar-refractivity contribution in [2.24, 2.45) is 7.05 Å². The SMILES string of the molecule is Cn1c(Sc2ccc(C=O)cc2[N+](=O)[O-])n[nH]c1=O. The number of benzene rings is 1. The molecule has 2 aromatic rings. The molecule has 0 radical (unpaired) electrons. The zero-order valence-corrected chi connectivity index (χ0v) is 10.5. The number of hydrogen-bond donors (Lipinski definition) is 1. The molecule has 0 unspecified atom stereocenters. The largest absolute Gasteiger partial charge is 0.343 e. The first kappa shape index (κ1) is 13.0. The van der Waals surface area contributed by atoms with Gasteiger partial charge in [0.25, 0.3) is 5.69 Å². The molecule has 8 nitrogen and oxygen atoms in total. The zero-order valence-electron chi connectivity index (χ0n) is 9.69. The van der Waals surface area contributed by atoms with Crippen LogP contribution in [-0.4, -0.2) is 26.0 Å². The van der Waals surface area contributed by atoms with Gasteiger partial charge in [-0.2, -0.15) is 0 Å². The third-order valence-electron chi connectivity index (χ3n) is 2.36. The van der Waals surface area contributed by atoms with Gasteiger partial charge in [0, 0.05) is 18.7 Å². The second kappa shape index (κ2) is 5.06. The van der Waals surface area contributed by atoms with Crippen molar-refractivity contribution >= 4 is 23.7 Å². The van der Waals surface area contributed by atoms with E-state index >= 15 is 0 Å². The number of aromatic amines is 1. The lowest BCUT2D eigenvalue weighted by molar-refractivity contribution is -0.387. The van der Waals surface area contributed by atoms with Crippen LogP contribution in [0.2, 0.25) is 0 Å². The lowest BCUT2D eigenvalue weighted by atomic mass is 10.2. The summed E-state index contributed by atoms with van der Waals surface area (Å²) in [6, 6.07) is 4.10. The molecule has 0 saturated heterocycles. The Labute approximate surface area is 110 Å². The Hall–Kier alpha value is -2.42. The highest BCUT2D eigenvalue weighted by Crippen LogP contribution is 2.33. The van der Waals surface area contributed by atoms with Gasteiger partial charge < -0.3 is 0 Å². The second-order valence-corrected chi connectivity index (χ2v) is 4.58. The molecule has 1 aromatic heterocycles. The monoisotopic (exact) mass is 280 g/mol. The number of carbonyl (C=O) groups excluding carboxylic acids is 1. The molecule has 0 saturated carbocycles. The molecule has 0 aliphatic rings. The molecule has 1 N–H and O–H groups in total. The first-order valence-corrected chi connectivity index (χ1v) is 5.87. The number of rotatable bonds is 4. The van der Waals surface area contributed by atoms with Crippen molar-refractivity contribution in [2.75, 3.05) is 0 Å². The number of nitrogens with zero attached hydrogens (tertiary/aromatic N) is 3. The fourth-order valence-corrected chi connectivity index (χ4v) is 2.24. The maximum absolute atomic E-state index is 11.2. The van der Waals surface area contributed by atoms with E-state index in [1.165, 1.54) is 29.8 Å². The minimum Gasteiger partial charge on any atom is -0.298 e. The molecule has 2 rings (SSSR count). The first-order chi connectivity index (χ1) is 9.02. The summed E-state index contributed by atoms with van der Waals surface area (Å²) in [6.45, 7) is 0. The molecule has 98 valence electrons. The number of hydrogen-bond acceptors (Lipinski definition) is 6. The minimum absolute atomic E-state index is 0.204. The topological polar surface area (TPSA) is 111 Å². The van der Waals surface area contributed by atoms with E-state index in [4.69, 9.17) is 0 Å². The van der Waals surface area contributed by atoms with Gasteiger partial charge in [0.2, 0.25) is 0 Å². The average Bonchev–Trinajstić information content (AvgIpc) is 2.71. The summed E-state index contributed by atoms with van der Waals surface area (Å²) in [7, 11) is 1.50. The fraction of sp³-hybridized carbons (Fsp3) is 0.100. The predicted molar refractivity (Wildman–Crippen MR) is 66.4 cm³/mol. The number of H-pyrrole nitrogens is 1. The van der Waals surface area contributed by atoms with Crippen LogP contribution in [0.5, 0.6) is 0 Å². The van der Waals surface area contributed by atoms with Crippen molar-refractivity contribution < 1.29 is 9.72 Å². The summed E-state index contributed by atoms with van der Waals surface area (Å²) in [5, 5.41) is 17.2. The number of nitrogens with one attached hydrogen (secondary N) is 1. The first-order valence-electron chi connectivity index (χ1n) is 5.06.